The summed E-state index contributed by atoms with van der Waals surface area (Å²) in [6.45, 7) is 3.61. The highest BCUT2D eigenvalue weighted by Gasteiger charge is 2.21. The first kappa shape index (κ1) is 12.8. The monoisotopic (exact) mass is 250 g/mol. The number of amides is 1. The van der Waals surface area contributed by atoms with E-state index in [4.69, 9.17) is 4.74 Å². The Kier molecular flexibility index (Phi) is 4.09. The van der Waals surface area contributed by atoms with Crippen LogP contribution in [-0.4, -0.2) is 36.1 Å². The molecule has 2 rings (SSSR count). The van der Waals surface area contributed by atoms with E-state index in [-0.39, 0.29) is 11.8 Å². The fourth-order valence-corrected chi connectivity index (χ4v) is 2.00. The Labute approximate surface area is 106 Å². The molecule has 98 valence electrons. The third kappa shape index (κ3) is 3.16. The van der Waals surface area contributed by atoms with Crippen LogP contribution in [0.1, 0.15) is 18.5 Å². The number of aryl methyl sites for hydroxylation is 1. The second-order valence-corrected chi connectivity index (χ2v) is 4.39. The van der Waals surface area contributed by atoms with Gasteiger partial charge in [-0.2, -0.15) is 4.98 Å². The molecule has 2 heterocycles. The van der Waals surface area contributed by atoms with Crippen molar-refractivity contribution in [3.05, 3.63) is 11.8 Å². The van der Waals surface area contributed by atoms with Gasteiger partial charge in [0.25, 0.3) is 0 Å². The average molecular weight is 250 g/mol. The summed E-state index contributed by atoms with van der Waals surface area (Å²) in [7, 11) is 1.54. The zero-order valence-corrected chi connectivity index (χ0v) is 10.7. The number of nitrogens with one attached hydrogen (secondary N) is 2. The van der Waals surface area contributed by atoms with E-state index < -0.39 is 0 Å². The van der Waals surface area contributed by atoms with Gasteiger partial charge in [0.1, 0.15) is 0 Å². The number of aromatic nitrogens is 2. The summed E-state index contributed by atoms with van der Waals surface area (Å²) in [5, 5.41) is 5.99. The smallest absolute Gasteiger partial charge is 0.232 e. The summed E-state index contributed by atoms with van der Waals surface area (Å²) in [5.74, 6) is 0.809. The Morgan fingerprint density at radius 2 is 2.17 bits per heavy atom. The number of carbonyl (C=O) groups excluding carboxylic acids is 1. The lowest BCUT2D eigenvalue weighted by Gasteiger charge is -2.21. The minimum absolute atomic E-state index is 0.0100. The number of hydrogen-bond acceptors (Lipinski definition) is 5. The molecular weight excluding hydrogens is 232 g/mol. The van der Waals surface area contributed by atoms with Gasteiger partial charge < -0.3 is 10.1 Å². The second-order valence-electron chi connectivity index (χ2n) is 4.39. The largest absolute Gasteiger partial charge is 0.481 e. The van der Waals surface area contributed by atoms with Gasteiger partial charge in [-0.15, -0.1) is 0 Å². The Morgan fingerprint density at radius 3 is 2.83 bits per heavy atom. The molecule has 1 fully saturated rings. The minimum Gasteiger partial charge on any atom is -0.481 e. The summed E-state index contributed by atoms with van der Waals surface area (Å²) in [4.78, 5) is 20.3. The lowest BCUT2D eigenvalue weighted by atomic mass is 9.97. The van der Waals surface area contributed by atoms with E-state index in [0.717, 1.165) is 31.6 Å². The molecule has 0 unspecified atom stereocenters. The summed E-state index contributed by atoms with van der Waals surface area (Å²) in [6.07, 6.45) is 1.71. The van der Waals surface area contributed by atoms with Crippen molar-refractivity contribution in [2.75, 3.05) is 25.5 Å². The molecule has 1 aromatic heterocycles. The van der Waals surface area contributed by atoms with Gasteiger partial charge in [-0.1, -0.05) is 0 Å². The van der Waals surface area contributed by atoms with Crippen LogP contribution in [-0.2, 0) is 4.79 Å². The van der Waals surface area contributed by atoms with Crippen molar-refractivity contribution in [1.82, 2.24) is 15.3 Å². The molecule has 6 nitrogen and oxygen atoms in total. The van der Waals surface area contributed by atoms with Gasteiger partial charge in [0, 0.05) is 17.7 Å². The first-order chi connectivity index (χ1) is 8.69. The van der Waals surface area contributed by atoms with Crippen molar-refractivity contribution in [2.24, 2.45) is 5.92 Å². The molecule has 0 aromatic carbocycles. The molecule has 1 aliphatic rings. The van der Waals surface area contributed by atoms with Crippen molar-refractivity contribution in [2.45, 2.75) is 19.8 Å². The van der Waals surface area contributed by atoms with E-state index in [2.05, 4.69) is 20.6 Å². The van der Waals surface area contributed by atoms with E-state index in [1.165, 1.54) is 0 Å². The zero-order valence-electron chi connectivity index (χ0n) is 10.7. The molecule has 0 bridgehead atoms. The molecular formula is C12H18N4O2. The first-order valence-electron chi connectivity index (χ1n) is 6.10. The van der Waals surface area contributed by atoms with Crippen molar-refractivity contribution < 1.29 is 9.53 Å². The summed E-state index contributed by atoms with van der Waals surface area (Å²) < 4.78 is 5.05. The van der Waals surface area contributed by atoms with Crippen LogP contribution in [0.15, 0.2) is 6.07 Å². The number of rotatable bonds is 3. The van der Waals surface area contributed by atoms with Crippen molar-refractivity contribution in [3.8, 4) is 5.88 Å². The Balaban J connectivity index is 2.03. The number of methoxy groups -OCH3 is 1. The molecule has 18 heavy (non-hydrogen) atoms. The summed E-state index contributed by atoms with van der Waals surface area (Å²) in [6, 6.07) is 1.72. The number of carbonyl (C=O) groups is 1. The maximum Gasteiger partial charge on any atom is 0.232 e. The van der Waals surface area contributed by atoms with E-state index in [1.807, 2.05) is 6.92 Å². The molecule has 0 saturated carbocycles. The van der Waals surface area contributed by atoms with Crippen molar-refractivity contribution in [1.29, 1.82) is 0 Å². The lowest BCUT2D eigenvalue weighted by Crippen LogP contribution is -2.35. The topological polar surface area (TPSA) is 76.1 Å². The van der Waals surface area contributed by atoms with Gasteiger partial charge in [0.2, 0.25) is 17.7 Å². The van der Waals surface area contributed by atoms with Crippen LogP contribution in [0, 0.1) is 12.8 Å². The SMILES string of the molecule is COc1cc(C)nc(NC(=O)C2CCNCC2)n1. The molecule has 0 spiro atoms. The van der Waals surface area contributed by atoms with Crippen molar-refractivity contribution >= 4 is 11.9 Å². The number of piperidine rings is 1. The predicted octanol–water partition coefficient (Wildman–Crippen LogP) is 0.732. The number of ether oxygens (including phenoxy) is 1. The highest BCUT2D eigenvalue weighted by atomic mass is 16.5. The highest BCUT2D eigenvalue weighted by molar-refractivity contribution is 5.91. The highest BCUT2D eigenvalue weighted by Crippen LogP contribution is 2.15. The Hall–Kier alpha value is -1.69. The fraction of sp³-hybridized carbons (Fsp3) is 0.583. The van der Waals surface area contributed by atoms with E-state index in [9.17, 15) is 4.79 Å². The van der Waals surface area contributed by atoms with Crippen LogP contribution < -0.4 is 15.4 Å². The zero-order chi connectivity index (χ0) is 13.0. The van der Waals surface area contributed by atoms with Gasteiger partial charge in [-0.25, -0.2) is 4.98 Å². The standard InChI is InChI=1S/C12H18N4O2/c1-8-7-10(18-2)15-12(14-8)16-11(17)9-3-5-13-6-4-9/h7,9,13H,3-6H2,1-2H3,(H,14,15,16,17). The third-order valence-electron chi connectivity index (χ3n) is 2.98. The van der Waals surface area contributed by atoms with Crippen molar-refractivity contribution in [3.63, 3.8) is 0 Å². The number of anilines is 1. The van der Waals surface area contributed by atoms with Gasteiger partial charge in [0.05, 0.1) is 7.11 Å². The molecule has 1 aromatic rings. The normalized spacial score (nSPS) is 16.3. The molecule has 6 heteroatoms. The predicted molar refractivity (Wildman–Crippen MR) is 67.5 cm³/mol. The van der Waals surface area contributed by atoms with Crippen LogP contribution >= 0.6 is 0 Å². The van der Waals surface area contributed by atoms with Gasteiger partial charge >= 0.3 is 0 Å². The first-order valence-corrected chi connectivity index (χ1v) is 6.10. The second kappa shape index (κ2) is 5.77. The molecule has 0 radical (unpaired) electrons. The van der Waals surface area contributed by atoms with Gasteiger partial charge in [0.15, 0.2) is 0 Å². The third-order valence-corrected chi connectivity index (χ3v) is 2.98. The van der Waals surface area contributed by atoms with Crippen LogP contribution in [0.2, 0.25) is 0 Å². The van der Waals surface area contributed by atoms with E-state index >= 15 is 0 Å². The lowest BCUT2D eigenvalue weighted by molar-refractivity contribution is -0.120. The Morgan fingerprint density at radius 1 is 1.44 bits per heavy atom. The molecule has 0 aliphatic carbocycles. The van der Waals surface area contributed by atoms with E-state index in [0.29, 0.717) is 11.8 Å². The maximum absolute atomic E-state index is 12.0. The average Bonchev–Trinajstić information content (AvgIpc) is 2.39. The van der Waals surface area contributed by atoms with Gasteiger partial charge in [-0.3, -0.25) is 10.1 Å². The number of nitrogens with zero attached hydrogens (tertiary/aromatic N) is 2. The quantitative estimate of drug-likeness (QED) is 0.827. The molecule has 1 amide bonds. The van der Waals surface area contributed by atoms with Gasteiger partial charge in [-0.05, 0) is 32.9 Å². The fourth-order valence-electron chi connectivity index (χ4n) is 2.00. The van der Waals surface area contributed by atoms with Crippen LogP contribution in [0.25, 0.3) is 0 Å². The van der Waals surface area contributed by atoms with Crippen LogP contribution in [0.5, 0.6) is 5.88 Å². The summed E-state index contributed by atoms with van der Waals surface area (Å²) >= 11 is 0. The minimum atomic E-state index is -0.0100. The van der Waals surface area contributed by atoms with Crippen LogP contribution in [0.3, 0.4) is 0 Å². The molecule has 0 atom stereocenters. The maximum atomic E-state index is 12.0. The Bertz CT molecular complexity index is 430. The molecule has 1 aliphatic heterocycles. The van der Waals surface area contributed by atoms with Crippen LogP contribution in [0.4, 0.5) is 5.95 Å². The molecule has 1 saturated heterocycles. The number of hydrogen-bond donors (Lipinski definition) is 2. The summed E-state index contributed by atoms with van der Waals surface area (Å²) in [5.41, 5.74) is 0.766. The van der Waals surface area contributed by atoms with E-state index in [1.54, 1.807) is 13.2 Å². The molecule has 2 N–H and O–H groups in total.